The number of nitrogens with one attached hydrogen (secondary N) is 1. The lowest BCUT2D eigenvalue weighted by molar-refractivity contribution is 0.626. The molecule has 2 aromatic heterocycles. The van der Waals surface area contributed by atoms with Crippen LogP contribution in [0, 0.1) is 5.82 Å². The lowest BCUT2D eigenvalue weighted by Crippen LogP contribution is -1.94. The Morgan fingerprint density at radius 1 is 1.26 bits per heavy atom. The van der Waals surface area contributed by atoms with Gasteiger partial charge in [-0.15, -0.1) is 0 Å². The van der Waals surface area contributed by atoms with Gasteiger partial charge in [-0.1, -0.05) is 17.7 Å². The molecule has 0 bridgehead atoms. The fourth-order valence-corrected chi connectivity index (χ4v) is 2.08. The molecule has 0 aliphatic carbocycles. The van der Waals surface area contributed by atoms with Crippen LogP contribution in [0.3, 0.4) is 0 Å². The highest BCUT2D eigenvalue weighted by Crippen LogP contribution is 2.27. The van der Waals surface area contributed by atoms with Gasteiger partial charge < -0.3 is 5.32 Å². The van der Waals surface area contributed by atoms with Gasteiger partial charge in [0, 0.05) is 12.4 Å². The molecule has 0 aliphatic heterocycles. The topological polar surface area (TPSA) is 42.7 Å². The summed E-state index contributed by atoms with van der Waals surface area (Å²) in [5.41, 5.74) is 1.21. The number of para-hydroxylation sites is 1. The number of fused-ring (bicyclic) bond motifs is 1. The standard InChI is InChI=1S/C13H10ClFN4/c1-19-12-9(3-2-4-10(12)15)13(18-19)17-8-5-6-11(14)16-7-8/h2-7H,1H3,(H,17,18). The van der Waals surface area contributed by atoms with E-state index in [4.69, 9.17) is 11.6 Å². The predicted octanol–water partition coefficient (Wildman–Crippen LogP) is 3.50. The zero-order chi connectivity index (χ0) is 13.4. The van der Waals surface area contributed by atoms with Crippen LogP contribution < -0.4 is 5.32 Å². The van der Waals surface area contributed by atoms with E-state index >= 15 is 0 Å². The van der Waals surface area contributed by atoms with E-state index < -0.39 is 0 Å². The summed E-state index contributed by atoms with van der Waals surface area (Å²) in [5, 5.41) is 8.51. The van der Waals surface area contributed by atoms with Crippen molar-refractivity contribution in [3.8, 4) is 0 Å². The summed E-state index contributed by atoms with van der Waals surface area (Å²) < 4.78 is 15.2. The Hall–Kier alpha value is -2.14. The number of aromatic nitrogens is 3. The fraction of sp³-hybridized carbons (Fsp3) is 0.0769. The van der Waals surface area contributed by atoms with Gasteiger partial charge >= 0.3 is 0 Å². The van der Waals surface area contributed by atoms with Gasteiger partial charge in [-0.25, -0.2) is 9.37 Å². The van der Waals surface area contributed by atoms with Crippen molar-refractivity contribution in [2.75, 3.05) is 5.32 Å². The predicted molar refractivity (Wildman–Crippen MR) is 73.2 cm³/mol. The molecule has 2 heterocycles. The second kappa shape index (κ2) is 4.51. The van der Waals surface area contributed by atoms with Crippen LogP contribution in [0.25, 0.3) is 10.9 Å². The third kappa shape index (κ3) is 2.13. The van der Waals surface area contributed by atoms with Crippen molar-refractivity contribution < 1.29 is 4.39 Å². The van der Waals surface area contributed by atoms with Crippen molar-refractivity contribution >= 4 is 34.0 Å². The Morgan fingerprint density at radius 3 is 2.84 bits per heavy atom. The van der Waals surface area contributed by atoms with E-state index in [9.17, 15) is 4.39 Å². The van der Waals surface area contributed by atoms with Crippen LogP contribution in [0.2, 0.25) is 5.15 Å². The highest BCUT2D eigenvalue weighted by Gasteiger charge is 2.12. The minimum atomic E-state index is -0.296. The SMILES string of the molecule is Cn1nc(Nc2ccc(Cl)nc2)c2cccc(F)c21. The molecule has 1 N–H and O–H groups in total. The van der Waals surface area contributed by atoms with Gasteiger partial charge in [0.1, 0.15) is 16.5 Å². The molecule has 6 heteroatoms. The summed E-state index contributed by atoms with van der Waals surface area (Å²) in [6, 6.07) is 8.35. The number of halogens is 2. The average molecular weight is 277 g/mol. The average Bonchev–Trinajstić information content (AvgIpc) is 2.70. The number of aryl methyl sites for hydroxylation is 1. The molecule has 0 radical (unpaired) electrons. The Balaban J connectivity index is 2.06. The molecule has 0 atom stereocenters. The summed E-state index contributed by atoms with van der Waals surface area (Å²) in [7, 11) is 1.71. The second-order valence-corrected chi connectivity index (χ2v) is 4.49. The van der Waals surface area contributed by atoms with Gasteiger partial charge in [0.15, 0.2) is 5.82 Å². The monoisotopic (exact) mass is 276 g/mol. The van der Waals surface area contributed by atoms with E-state index in [0.717, 1.165) is 11.1 Å². The molecule has 0 aliphatic rings. The van der Waals surface area contributed by atoms with Gasteiger partial charge in [0.2, 0.25) is 0 Å². The maximum atomic E-state index is 13.7. The first-order valence-corrected chi connectivity index (χ1v) is 6.03. The highest BCUT2D eigenvalue weighted by molar-refractivity contribution is 6.29. The number of benzene rings is 1. The van der Waals surface area contributed by atoms with Gasteiger partial charge in [-0.3, -0.25) is 4.68 Å². The summed E-state index contributed by atoms with van der Waals surface area (Å²) >= 11 is 5.73. The molecule has 0 spiro atoms. The molecule has 0 saturated heterocycles. The largest absolute Gasteiger partial charge is 0.337 e. The molecular formula is C13H10ClFN4. The normalized spacial score (nSPS) is 10.9. The number of rotatable bonds is 2. The number of pyridine rings is 1. The third-order valence-electron chi connectivity index (χ3n) is 2.81. The van der Waals surface area contributed by atoms with Gasteiger partial charge in [0.05, 0.1) is 11.9 Å². The van der Waals surface area contributed by atoms with E-state index in [0.29, 0.717) is 16.5 Å². The maximum Gasteiger partial charge on any atom is 0.160 e. The lowest BCUT2D eigenvalue weighted by Gasteiger charge is -2.02. The smallest absolute Gasteiger partial charge is 0.160 e. The van der Waals surface area contributed by atoms with E-state index in [1.165, 1.54) is 10.7 Å². The molecule has 19 heavy (non-hydrogen) atoms. The van der Waals surface area contributed by atoms with Crippen molar-refractivity contribution in [3.63, 3.8) is 0 Å². The summed E-state index contributed by atoms with van der Waals surface area (Å²) in [5.74, 6) is 0.288. The van der Waals surface area contributed by atoms with Gasteiger partial charge in [-0.05, 0) is 24.3 Å². The zero-order valence-corrected chi connectivity index (χ0v) is 10.8. The third-order valence-corrected chi connectivity index (χ3v) is 3.03. The van der Waals surface area contributed by atoms with Gasteiger partial charge in [0.25, 0.3) is 0 Å². The summed E-state index contributed by atoms with van der Waals surface area (Å²) in [6.07, 6.45) is 1.60. The zero-order valence-electron chi connectivity index (χ0n) is 10.1. The van der Waals surface area contributed by atoms with Crippen LogP contribution in [0.15, 0.2) is 36.5 Å². The molecule has 1 aromatic carbocycles. The first kappa shape index (κ1) is 11.9. The van der Waals surface area contributed by atoms with E-state index in [-0.39, 0.29) is 5.82 Å². The molecule has 4 nitrogen and oxygen atoms in total. The molecule has 0 saturated carbocycles. The first-order chi connectivity index (χ1) is 9.15. The van der Waals surface area contributed by atoms with E-state index in [1.54, 1.807) is 31.4 Å². The number of anilines is 2. The van der Waals surface area contributed by atoms with E-state index in [1.807, 2.05) is 6.07 Å². The molecule has 96 valence electrons. The van der Waals surface area contributed by atoms with Crippen LogP contribution in [-0.2, 0) is 7.05 Å². The van der Waals surface area contributed by atoms with Gasteiger partial charge in [-0.2, -0.15) is 5.10 Å². The Morgan fingerprint density at radius 2 is 2.11 bits per heavy atom. The molecule has 0 fully saturated rings. The van der Waals surface area contributed by atoms with Crippen molar-refractivity contribution in [1.82, 2.24) is 14.8 Å². The quantitative estimate of drug-likeness (QED) is 0.729. The van der Waals surface area contributed by atoms with Crippen LogP contribution in [-0.4, -0.2) is 14.8 Å². The fourth-order valence-electron chi connectivity index (χ4n) is 1.97. The Kier molecular flexibility index (Phi) is 2.83. The van der Waals surface area contributed by atoms with Crippen LogP contribution in [0.4, 0.5) is 15.9 Å². The molecule has 0 unspecified atom stereocenters. The van der Waals surface area contributed by atoms with Crippen molar-refractivity contribution in [3.05, 3.63) is 47.5 Å². The summed E-state index contributed by atoms with van der Waals surface area (Å²) in [4.78, 5) is 3.97. The van der Waals surface area contributed by atoms with Crippen molar-refractivity contribution in [2.24, 2.45) is 7.05 Å². The maximum absolute atomic E-state index is 13.7. The molecule has 0 amide bonds. The summed E-state index contributed by atoms with van der Waals surface area (Å²) in [6.45, 7) is 0. The van der Waals surface area contributed by atoms with Crippen LogP contribution >= 0.6 is 11.6 Å². The highest BCUT2D eigenvalue weighted by atomic mass is 35.5. The Bertz CT molecular complexity index is 736. The molecular weight excluding hydrogens is 267 g/mol. The molecule has 3 rings (SSSR count). The number of nitrogens with zero attached hydrogens (tertiary/aromatic N) is 3. The van der Waals surface area contributed by atoms with Crippen LogP contribution in [0.5, 0.6) is 0 Å². The second-order valence-electron chi connectivity index (χ2n) is 4.10. The van der Waals surface area contributed by atoms with E-state index in [2.05, 4.69) is 15.4 Å². The lowest BCUT2D eigenvalue weighted by atomic mass is 10.2. The minimum absolute atomic E-state index is 0.296. The molecule has 3 aromatic rings. The van der Waals surface area contributed by atoms with Crippen molar-refractivity contribution in [2.45, 2.75) is 0 Å². The number of hydrogen-bond donors (Lipinski definition) is 1. The minimum Gasteiger partial charge on any atom is -0.337 e. The number of hydrogen-bond acceptors (Lipinski definition) is 3. The Labute approximate surface area is 113 Å². The van der Waals surface area contributed by atoms with Crippen LogP contribution in [0.1, 0.15) is 0 Å². The van der Waals surface area contributed by atoms with Crippen molar-refractivity contribution in [1.29, 1.82) is 0 Å². The first-order valence-electron chi connectivity index (χ1n) is 5.65.